The number of carbonyl (C=O) groups is 1. The third kappa shape index (κ3) is 2.28. The van der Waals surface area contributed by atoms with Gasteiger partial charge in [-0.2, -0.15) is 0 Å². The van der Waals surface area contributed by atoms with Gasteiger partial charge in [-0.3, -0.25) is 4.79 Å². The van der Waals surface area contributed by atoms with Crippen molar-refractivity contribution in [3.05, 3.63) is 52.8 Å². The Bertz CT molecular complexity index is 762. The van der Waals surface area contributed by atoms with Crippen molar-refractivity contribution < 1.29 is 9.21 Å². The number of carbonyl (C=O) groups excluding carboxylic acids is 1. The number of aromatic nitrogens is 2. The fourth-order valence-corrected chi connectivity index (χ4v) is 2.22. The Morgan fingerprint density at radius 3 is 3.10 bits per heavy atom. The Morgan fingerprint density at radius 1 is 1.50 bits per heavy atom. The lowest BCUT2D eigenvalue weighted by molar-refractivity contribution is 0.0924. The van der Waals surface area contributed by atoms with Gasteiger partial charge in [-0.25, -0.2) is 4.98 Å². The van der Waals surface area contributed by atoms with E-state index in [1.54, 1.807) is 30.7 Å². The molecule has 0 aliphatic carbocycles. The number of hydrogen-bond acceptors (Lipinski definition) is 3. The highest BCUT2D eigenvalue weighted by atomic mass is 35.5. The maximum atomic E-state index is 12.1. The number of hydrogen-bond donors (Lipinski definition) is 2. The molecule has 0 bridgehead atoms. The van der Waals surface area contributed by atoms with Crippen LogP contribution in [-0.4, -0.2) is 15.9 Å². The summed E-state index contributed by atoms with van der Waals surface area (Å²) in [5.74, 6) is 0.0474. The zero-order valence-corrected chi connectivity index (χ0v) is 11.5. The molecule has 0 fully saturated rings. The van der Waals surface area contributed by atoms with Crippen molar-refractivity contribution in [1.29, 1.82) is 0 Å². The number of nitrogens with one attached hydrogen (secondary N) is 2. The Morgan fingerprint density at radius 2 is 2.35 bits per heavy atom. The molecule has 1 aromatic carbocycles. The number of furan rings is 1. The minimum atomic E-state index is -0.260. The number of amides is 1. The van der Waals surface area contributed by atoms with Gasteiger partial charge in [0.25, 0.3) is 5.91 Å². The molecule has 3 aromatic rings. The summed E-state index contributed by atoms with van der Waals surface area (Å²) in [6.45, 7) is 2.21. The van der Waals surface area contributed by atoms with Crippen LogP contribution < -0.4 is 5.32 Å². The van der Waals surface area contributed by atoms with E-state index in [0.717, 1.165) is 16.6 Å². The second kappa shape index (κ2) is 5.02. The van der Waals surface area contributed by atoms with E-state index in [2.05, 4.69) is 15.3 Å². The highest BCUT2D eigenvalue weighted by Crippen LogP contribution is 2.27. The van der Waals surface area contributed by atoms with Gasteiger partial charge in [-0.15, -0.1) is 0 Å². The summed E-state index contributed by atoms with van der Waals surface area (Å²) in [5, 5.41) is 4.25. The first-order valence-electron chi connectivity index (χ1n) is 6.09. The van der Waals surface area contributed by atoms with Gasteiger partial charge >= 0.3 is 0 Å². The van der Waals surface area contributed by atoms with Crippen LogP contribution in [0.4, 0.5) is 0 Å². The molecule has 20 heavy (non-hydrogen) atoms. The van der Waals surface area contributed by atoms with Crippen LogP contribution in [0, 0.1) is 6.92 Å². The summed E-state index contributed by atoms with van der Waals surface area (Å²) in [6, 6.07) is 5.29. The lowest BCUT2D eigenvalue weighted by atomic mass is 10.1. The van der Waals surface area contributed by atoms with Gasteiger partial charge in [0.1, 0.15) is 5.58 Å². The molecule has 6 heteroatoms. The van der Waals surface area contributed by atoms with Gasteiger partial charge in [-0.05, 0) is 25.1 Å². The van der Waals surface area contributed by atoms with Crippen molar-refractivity contribution in [2.45, 2.75) is 13.5 Å². The van der Waals surface area contributed by atoms with E-state index in [1.807, 2.05) is 6.92 Å². The van der Waals surface area contributed by atoms with Gasteiger partial charge in [-0.1, -0.05) is 11.6 Å². The molecule has 0 saturated carbocycles. The molecule has 0 aliphatic heterocycles. The summed E-state index contributed by atoms with van der Waals surface area (Å²) in [7, 11) is 0. The molecular formula is C14H12ClN3O2. The van der Waals surface area contributed by atoms with Crippen molar-refractivity contribution >= 4 is 28.5 Å². The maximum Gasteiger partial charge on any atom is 0.287 e. The van der Waals surface area contributed by atoms with Crippen LogP contribution >= 0.6 is 11.6 Å². The lowest BCUT2D eigenvalue weighted by Crippen LogP contribution is -2.23. The van der Waals surface area contributed by atoms with Gasteiger partial charge in [0, 0.05) is 22.2 Å². The van der Waals surface area contributed by atoms with Gasteiger partial charge in [0.2, 0.25) is 0 Å². The molecule has 3 rings (SSSR count). The number of aromatic amines is 1. The Labute approximate surface area is 120 Å². The average molecular weight is 290 g/mol. The number of imidazole rings is 1. The molecule has 2 N–H and O–H groups in total. The smallest absolute Gasteiger partial charge is 0.287 e. The lowest BCUT2D eigenvalue weighted by Gasteiger charge is -2.01. The molecule has 0 saturated heterocycles. The molecule has 0 radical (unpaired) electrons. The Kier molecular flexibility index (Phi) is 3.20. The standard InChI is InChI=1S/C14H12ClN3O2/c1-8-11-4-9(15)2-3-12(11)20-13(8)14(19)17-6-10-5-16-7-18-10/h2-5,7H,6H2,1H3,(H,16,18)(H,17,19). The molecule has 0 spiro atoms. The van der Waals surface area contributed by atoms with Gasteiger partial charge in [0.15, 0.2) is 5.76 Å². The zero-order valence-electron chi connectivity index (χ0n) is 10.7. The first-order valence-corrected chi connectivity index (χ1v) is 6.47. The van der Waals surface area contributed by atoms with E-state index in [0.29, 0.717) is 22.9 Å². The van der Waals surface area contributed by atoms with E-state index in [9.17, 15) is 4.79 Å². The number of halogens is 1. The number of rotatable bonds is 3. The minimum absolute atomic E-state index is 0.260. The monoisotopic (exact) mass is 289 g/mol. The zero-order chi connectivity index (χ0) is 14.1. The molecule has 5 nitrogen and oxygen atoms in total. The Balaban J connectivity index is 1.86. The third-order valence-corrected chi connectivity index (χ3v) is 3.33. The second-order valence-electron chi connectivity index (χ2n) is 4.46. The van der Waals surface area contributed by atoms with Crippen LogP contribution in [0.5, 0.6) is 0 Å². The molecular weight excluding hydrogens is 278 g/mol. The molecule has 1 amide bonds. The van der Waals surface area contributed by atoms with E-state index < -0.39 is 0 Å². The number of H-pyrrole nitrogens is 1. The topological polar surface area (TPSA) is 70.9 Å². The van der Waals surface area contributed by atoms with Gasteiger partial charge in [0.05, 0.1) is 18.6 Å². The van der Waals surface area contributed by atoms with Crippen LogP contribution in [0.25, 0.3) is 11.0 Å². The van der Waals surface area contributed by atoms with Crippen LogP contribution in [0.15, 0.2) is 35.1 Å². The molecule has 0 unspecified atom stereocenters. The average Bonchev–Trinajstić information content (AvgIpc) is 3.05. The van der Waals surface area contributed by atoms with Crippen molar-refractivity contribution in [3.63, 3.8) is 0 Å². The minimum Gasteiger partial charge on any atom is -0.451 e. The number of nitrogens with zero attached hydrogens (tertiary/aromatic N) is 1. The maximum absolute atomic E-state index is 12.1. The first kappa shape index (κ1) is 12.7. The molecule has 102 valence electrons. The van der Waals surface area contributed by atoms with Crippen LogP contribution in [0.2, 0.25) is 5.02 Å². The quantitative estimate of drug-likeness (QED) is 0.778. The Hall–Kier alpha value is -2.27. The van der Waals surface area contributed by atoms with Crippen molar-refractivity contribution in [1.82, 2.24) is 15.3 Å². The van der Waals surface area contributed by atoms with Crippen LogP contribution in [0.3, 0.4) is 0 Å². The number of benzene rings is 1. The summed E-state index contributed by atoms with van der Waals surface area (Å²) >= 11 is 5.95. The highest BCUT2D eigenvalue weighted by molar-refractivity contribution is 6.31. The highest BCUT2D eigenvalue weighted by Gasteiger charge is 2.17. The predicted octanol–water partition coefficient (Wildman–Crippen LogP) is 3.05. The number of fused-ring (bicyclic) bond motifs is 1. The summed E-state index contributed by atoms with van der Waals surface area (Å²) < 4.78 is 5.59. The fraction of sp³-hybridized carbons (Fsp3) is 0.143. The largest absolute Gasteiger partial charge is 0.451 e. The summed E-state index contributed by atoms with van der Waals surface area (Å²) in [4.78, 5) is 19.0. The SMILES string of the molecule is Cc1c(C(=O)NCc2cnc[nH]2)oc2ccc(Cl)cc12. The molecule has 2 heterocycles. The van der Waals surface area contributed by atoms with Gasteiger partial charge < -0.3 is 14.7 Å². The van der Waals surface area contributed by atoms with E-state index >= 15 is 0 Å². The molecule has 2 aromatic heterocycles. The summed E-state index contributed by atoms with van der Waals surface area (Å²) in [6.07, 6.45) is 3.22. The second-order valence-corrected chi connectivity index (χ2v) is 4.89. The third-order valence-electron chi connectivity index (χ3n) is 3.10. The predicted molar refractivity (Wildman–Crippen MR) is 75.7 cm³/mol. The number of aryl methyl sites for hydroxylation is 1. The van der Waals surface area contributed by atoms with E-state index in [-0.39, 0.29) is 5.91 Å². The van der Waals surface area contributed by atoms with E-state index in [1.165, 1.54) is 0 Å². The summed E-state index contributed by atoms with van der Waals surface area (Å²) in [5.41, 5.74) is 2.26. The van der Waals surface area contributed by atoms with Crippen LogP contribution in [-0.2, 0) is 6.54 Å². The van der Waals surface area contributed by atoms with Crippen molar-refractivity contribution in [3.8, 4) is 0 Å². The first-order chi connectivity index (χ1) is 9.65. The van der Waals surface area contributed by atoms with Crippen molar-refractivity contribution in [2.24, 2.45) is 0 Å². The normalized spacial score (nSPS) is 10.9. The van der Waals surface area contributed by atoms with E-state index in [4.69, 9.17) is 16.0 Å². The molecule has 0 atom stereocenters. The fourth-order valence-electron chi connectivity index (χ4n) is 2.05. The van der Waals surface area contributed by atoms with Crippen LogP contribution in [0.1, 0.15) is 21.8 Å². The van der Waals surface area contributed by atoms with Crippen molar-refractivity contribution in [2.75, 3.05) is 0 Å². The molecule has 0 aliphatic rings.